The summed E-state index contributed by atoms with van der Waals surface area (Å²) in [5.74, 6) is 0.801. The number of halogens is 1. The Labute approximate surface area is 122 Å². The number of benzene rings is 1. The molecular formula is C15H17BrN2O. The normalized spacial score (nSPS) is 12.2. The van der Waals surface area contributed by atoms with Crippen LogP contribution in [-0.4, -0.2) is 18.6 Å². The van der Waals surface area contributed by atoms with Gasteiger partial charge in [0.1, 0.15) is 5.75 Å². The number of ether oxygens (including phenoxy) is 1. The molecule has 0 saturated heterocycles. The van der Waals surface area contributed by atoms with Gasteiger partial charge in [0.15, 0.2) is 0 Å². The van der Waals surface area contributed by atoms with Crippen molar-refractivity contribution < 1.29 is 4.74 Å². The van der Waals surface area contributed by atoms with E-state index >= 15 is 0 Å². The van der Waals surface area contributed by atoms with Gasteiger partial charge in [-0.1, -0.05) is 28.1 Å². The summed E-state index contributed by atoms with van der Waals surface area (Å²) in [6.45, 7) is 2.61. The molecule has 100 valence electrons. The minimum absolute atomic E-state index is 0.102. The van der Waals surface area contributed by atoms with Crippen LogP contribution in [0, 0.1) is 0 Å². The quantitative estimate of drug-likeness (QED) is 0.914. The summed E-state index contributed by atoms with van der Waals surface area (Å²) < 4.78 is 6.57. The van der Waals surface area contributed by atoms with Crippen LogP contribution in [0.25, 0.3) is 0 Å². The highest BCUT2D eigenvalue weighted by molar-refractivity contribution is 9.10. The molecular weight excluding hydrogens is 304 g/mol. The summed E-state index contributed by atoms with van der Waals surface area (Å²) in [5.41, 5.74) is 2.28. The minimum atomic E-state index is 0.102. The van der Waals surface area contributed by atoms with Crippen LogP contribution < -0.4 is 10.1 Å². The van der Waals surface area contributed by atoms with E-state index < -0.39 is 0 Å². The number of aromatic nitrogens is 1. The number of rotatable bonds is 5. The third-order valence-corrected chi connectivity index (χ3v) is 3.34. The Kier molecular flexibility index (Phi) is 4.93. The average Bonchev–Trinajstić information content (AvgIpc) is 2.41. The molecule has 1 aromatic heterocycles. The van der Waals surface area contributed by atoms with Crippen LogP contribution in [0.1, 0.15) is 24.1 Å². The van der Waals surface area contributed by atoms with Crippen molar-refractivity contribution in [3.63, 3.8) is 0 Å². The van der Waals surface area contributed by atoms with Gasteiger partial charge in [-0.25, -0.2) is 0 Å². The van der Waals surface area contributed by atoms with Gasteiger partial charge in [0.05, 0.1) is 18.8 Å². The van der Waals surface area contributed by atoms with Gasteiger partial charge >= 0.3 is 0 Å². The summed E-state index contributed by atoms with van der Waals surface area (Å²) >= 11 is 3.50. The Morgan fingerprint density at radius 1 is 1.26 bits per heavy atom. The maximum atomic E-state index is 5.50. The van der Waals surface area contributed by atoms with Crippen LogP contribution in [0.5, 0.6) is 5.75 Å². The maximum absolute atomic E-state index is 5.50. The Hall–Kier alpha value is -1.39. The Balaban J connectivity index is 2.33. The van der Waals surface area contributed by atoms with E-state index in [1.54, 1.807) is 6.20 Å². The summed E-state index contributed by atoms with van der Waals surface area (Å²) in [6.07, 6.45) is 3.60. The van der Waals surface area contributed by atoms with Gasteiger partial charge in [-0.15, -0.1) is 0 Å². The Bertz CT molecular complexity index is 545. The zero-order chi connectivity index (χ0) is 13.7. The second kappa shape index (κ2) is 6.68. The smallest absolute Gasteiger partial charge is 0.137 e. The van der Waals surface area contributed by atoms with E-state index in [2.05, 4.69) is 38.4 Å². The third kappa shape index (κ3) is 3.55. The predicted molar refractivity (Wildman–Crippen MR) is 80.5 cm³/mol. The molecule has 2 aromatic rings. The summed E-state index contributed by atoms with van der Waals surface area (Å²) in [7, 11) is 1.94. The lowest BCUT2D eigenvalue weighted by atomic mass is 10.0. The first-order chi connectivity index (χ1) is 9.24. The first kappa shape index (κ1) is 14.0. The lowest BCUT2D eigenvalue weighted by Gasteiger charge is -2.18. The maximum Gasteiger partial charge on any atom is 0.137 e. The summed E-state index contributed by atoms with van der Waals surface area (Å²) in [5, 5.41) is 3.31. The zero-order valence-corrected chi connectivity index (χ0v) is 12.6. The van der Waals surface area contributed by atoms with Gasteiger partial charge in [0, 0.05) is 10.7 Å². The molecule has 0 saturated carbocycles. The van der Waals surface area contributed by atoms with Crippen molar-refractivity contribution in [1.29, 1.82) is 0 Å². The first-order valence-electron chi connectivity index (χ1n) is 6.25. The minimum Gasteiger partial charge on any atom is -0.492 e. The fourth-order valence-corrected chi connectivity index (χ4v) is 2.47. The fraction of sp³-hybridized carbons (Fsp3) is 0.267. The second-order valence-corrected chi connectivity index (χ2v) is 5.08. The highest BCUT2D eigenvalue weighted by atomic mass is 79.9. The van der Waals surface area contributed by atoms with Crippen LogP contribution in [0.3, 0.4) is 0 Å². The standard InChI is InChI=1S/C15H17BrN2O/c1-3-19-14-8-12(9-18-10-14)15(17-2)11-5-4-6-13(16)7-11/h4-10,15,17H,3H2,1-2H3. The molecule has 19 heavy (non-hydrogen) atoms. The highest BCUT2D eigenvalue weighted by Crippen LogP contribution is 2.25. The van der Waals surface area contributed by atoms with E-state index in [4.69, 9.17) is 4.74 Å². The average molecular weight is 321 g/mol. The predicted octanol–water partition coefficient (Wildman–Crippen LogP) is 3.55. The van der Waals surface area contributed by atoms with Gasteiger partial charge in [-0.3, -0.25) is 4.98 Å². The second-order valence-electron chi connectivity index (χ2n) is 4.16. The molecule has 0 amide bonds. The van der Waals surface area contributed by atoms with Crippen molar-refractivity contribution in [2.24, 2.45) is 0 Å². The van der Waals surface area contributed by atoms with Gasteiger partial charge < -0.3 is 10.1 Å². The topological polar surface area (TPSA) is 34.1 Å². The highest BCUT2D eigenvalue weighted by Gasteiger charge is 2.13. The number of pyridine rings is 1. The molecule has 0 aliphatic carbocycles. The monoisotopic (exact) mass is 320 g/mol. The lowest BCUT2D eigenvalue weighted by Crippen LogP contribution is -2.18. The van der Waals surface area contributed by atoms with Crippen molar-refractivity contribution in [1.82, 2.24) is 10.3 Å². The number of hydrogen-bond acceptors (Lipinski definition) is 3. The molecule has 0 aliphatic rings. The van der Waals surface area contributed by atoms with Crippen molar-refractivity contribution in [2.75, 3.05) is 13.7 Å². The molecule has 4 heteroatoms. The van der Waals surface area contributed by atoms with Crippen molar-refractivity contribution in [3.8, 4) is 5.75 Å². The first-order valence-corrected chi connectivity index (χ1v) is 7.04. The molecule has 3 nitrogen and oxygen atoms in total. The van der Waals surface area contributed by atoms with Gasteiger partial charge in [0.25, 0.3) is 0 Å². The summed E-state index contributed by atoms with van der Waals surface area (Å²) in [4.78, 5) is 4.24. The van der Waals surface area contributed by atoms with Crippen LogP contribution in [0.2, 0.25) is 0 Å². The largest absolute Gasteiger partial charge is 0.492 e. The van der Waals surface area contributed by atoms with Gasteiger partial charge in [0.2, 0.25) is 0 Å². The molecule has 1 heterocycles. The number of hydrogen-bond donors (Lipinski definition) is 1. The SMILES string of the molecule is CCOc1cncc(C(NC)c2cccc(Br)c2)c1. The van der Waals surface area contributed by atoms with E-state index in [9.17, 15) is 0 Å². The molecule has 0 radical (unpaired) electrons. The third-order valence-electron chi connectivity index (χ3n) is 2.85. The van der Waals surface area contributed by atoms with E-state index in [1.165, 1.54) is 5.56 Å². The van der Waals surface area contributed by atoms with Crippen LogP contribution in [-0.2, 0) is 0 Å². The van der Waals surface area contributed by atoms with Crippen LogP contribution in [0.4, 0.5) is 0 Å². The van der Waals surface area contributed by atoms with Gasteiger partial charge in [-0.05, 0) is 43.3 Å². The van der Waals surface area contributed by atoms with Crippen LogP contribution >= 0.6 is 15.9 Å². The van der Waals surface area contributed by atoms with Crippen LogP contribution in [0.15, 0.2) is 47.2 Å². The van der Waals surface area contributed by atoms with Crippen molar-refractivity contribution in [2.45, 2.75) is 13.0 Å². The molecule has 1 atom stereocenters. The Morgan fingerprint density at radius 2 is 2.11 bits per heavy atom. The van der Waals surface area contributed by atoms with Gasteiger partial charge in [-0.2, -0.15) is 0 Å². The van der Waals surface area contributed by atoms with E-state index in [-0.39, 0.29) is 6.04 Å². The lowest BCUT2D eigenvalue weighted by molar-refractivity contribution is 0.338. The molecule has 0 fully saturated rings. The summed E-state index contributed by atoms with van der Waals surface area (Å²) in [6, 6.07) is 10.4. The van der Waals surface area contributed by atoms with Crippen molar-refractivity contribution >= 4 is 15.9 Å². The molecule has 2 rings (SSSR count). The van der Waals surface area contributed by atoms with E-state index in [0.717, 1.165) is 15.8 Å². The molecule has 0 bridgehead atoms. The molecule has 1 N–H and O–H groups in total. The van der Waals surface area contributed by atoms with E-state index in [1.807, 2.05) is 38.4 Å². The van der Waals surface area contributed by atoms with Crippen molar-refractivity contribution in [3.05, 3.63) is 58.3 Å². The molecule has 0 aliphatic heterocycles. The molecule has 0 spiro atoms. The number of nitrogens with zero attached hydrogens (tertiary/aromatic N) is 1. The Morgan fingerprint density at radius 3 is 2.79 bits per heavy atom. The number of nitrogens with one attached hydrogen (secondary N) is 1. The molecule has 1 aromatic carbocycles. The molecule has 1 unspecified atom stereocenters. The van der Waals surface area contributed by atoms with E-state index in [0.29, 0.717) is 6.61 Å². The zero-order valence-electron chi connectivity index (χ0n) is 11.1. The fourth-order valence-electron chi connectivity index (χ4n) is 2.05.